The van der Waals surface area contributed by atoms with Gasteiger partial charge in [0.2, 0.25) is 0 Å². The van der Waals surface area contributed by atoms with Crippen LogP contribution in [0.4, 0.5) is 0 Å². The number of rotatable bonds is 6. The topological polar surface area (TPSA) is 35.2 Å². The lowest BCUT2D eigenvalue weighted by Crippen LogP contribution is -2.26. The molecule has 0 spiro atoms. The molecule has 0 saturated carbocycles. The third-order valence-corrected chi connectivity index (χ3v) is 3.50. The first kappa shape index (κ1) is 15.0. The van der Waals surface area contributed by atoms with Gasteiger partial charge in [-0.05, 0) is 36.5 Å². The molecule has 0 heterocycles. The largest absolute Gasteiger partial charge is 0.384 e. The van der Waals surface area contributed by atoms with E-state index in [-0.39, 0.29) is 6.04 Å². The number of nitrogens with two attached hydrogens (primary N) is 1. The van der Waals surface area contributed by atoms with E-state index >= 15 is 0 Å². The Hall–Kier alpha value is -0.0900. The van der Waals surface area contributed by atoms with Crippen molar-refractivity contribution in [1.29, 1.82) is 0 Å². The Morgan fingerprint density at radius 3 is 2.76 bits per heavy atom. The lowest BCUT2D eigenvalue weighted by Gasteiger charge is -2.17. The van der Waals surface area contributed by atoms with Crippen LogP contribution in [-0.4, -0.2) is 19.8 Å². The average molecular weight is 321 g/mol. The molecule has 0 aliphatic rings. The summed E-state index contributed by atoms with van der Waals surface area (Å²) in [5.41, 5.74) is 7.22. The van der Waals surface area contributed by atoms with Crippen LogP contribution in [0.2, 0.25) is 5.02 Å². The van der Waals surface area contributed by atoms with Crippen molar-refractivity contribution in [1.82, 2.24) is 0 Å². The van der Waals surface area contributed by atoms with E-state index in [2.05, 4.69) is 22.9 Å². The highest BCUT2D eigenvalue weighted by molar-refractivity contribution is 9.10. The molecule has 1 aromatic carbocycles. The van der Waals surface area contributed by atoms with Gasteiger partial charge < -0.3 is 10.5 Å². The van der Waals surface area contributed by atoms with Gasteiger partial charge in [-0.25, -0.2) is 0 Å². The Balaban J connectivity index is 2.52. The van der Waals surface area contributed by atoms with Crippen molar-refractivity contribution in [2.75, 3.05) is 13.7 Å². The number of halogens is 2. The number of benzene rings is 1. The number of ether oxygens (including phenoxy) is 1. The number of methoxy groups -OCH3 is 1. The molecule has 1 aromatic rings. The van der Waals surface area contributed by atoms with Gasteiger partial charge in [-0.2, -0.15) is 0 Å². The second-order valence-corrected chi connectivity index (χ2v) is 5.82. The van der Waals surface area contributed by atoms with Gasteiger partial charge >= 0.3 is 0 Å². The van der Waals surface area contributed by atoms with Crippen molar-refractivity contribution in [3.8, 4) is 0 Å². The lowest BCUT2D eigenvalue weighted by molar-refractivity contribution is 0.152. The molecule has 17 heavy (non-hydrogen) atoms. The van der Waals surface area contributed by atoms with Gasteiger partial charge in [-0.1, -0.05) is 40.5 Å². The van der Waals surface area contributed by atoms with Gasteiger partial charge in [0.1, 0.15) is 0 Å². The van der Waals surface area contributed by atoms with Gasteiger partial charge in [0.05, 0.1) is 0 Å². The summed E-state index contributed by atoms with van der Waals surface area (Å²) in [4.78, 5) is 0. The molecule has 2 nitrogen and oxygen atoms in total. The van der Waals surface area contributed by atoms with E-state index in [4.69, 9.17) is 22.1 Å². The molecule has 0 amide bonds. The fraction of sp³-hybridized carbons (Fsp3) is 0.538. The van der Waals surface area contributed by atoms with E-state index in [0.717, 1.165) is 34.5 Å². The summed E-state index contributed by atoms with van der Waals surface area (Å²) in [6.45, 7) is 2.90. The van der Waals surface area contributed by atoms with E-state index in [9.17, 15) is 0 Å². The normalized spacial score (nSPS) is 14.6. The van der Waals surface area contributed by atoms with Crippen molar-refractivity contribution in [3.63, 3.8) is 0 Å². The number of hydrogen-bond acceptors (Lipinski definition) is 2. The summed E-state index contributed by atoms with van der Waals surface area (Å²) >= 11 is 9.55. The summed E-state index contributed by atoms with van der Waals surface area (Å²) in [6, 6.07) is 6.04. The van der Waals surface area contributed by atoms with E-state index in [1.165, 1.54) is 0 Å². The smallest absolute Gasteiger partial charge is 0.0488 e. The molecule has 96 valence electrons. The van der Waals surface area contributed by atoms with Gasteiger partial charge in [-0.3, -0.25) is 0 Å². The minimum atomic E-state index is 0.124. The first-order chi connectivity index (χ1) is 8.02. The molecule has 0 saturated heterocycles. The second kappa shape index (κ2) is 7.37. The Bertz CT molecular complexity index is 359. The minimum absolute atomic E-state index is 0.124. The van der Waals surface area contributed by atoms with Crippen molar-refractivity contribution in [2.45, 2.75) is 25.8 Å². The molecule has 2 atom stereocenters. The van der Waals surface area contributed by atoms with Gasteiger partial charge in [0.25, 0.3) is 0 Å². The molecular formula is C13H19BrClNO. The van der Waals surface area contributed by atoms with Gasteiger partial charge in [-0.15, -0.1) is 0 Å². The Morgan fingerprint density at radius 2 is 2.18 bits per heavy atom. The van der Waals surface area contributed by atoms with Crippen LogP contribution in [0.3, 0.4) is 0 Å². The van der Waals surface area contributed by atoms with Crippen LogP contribution in [-0.2, 0) is 11.2 Å². The first-order valence-corrected chi connectivity index (χ1v) is 6.88. The summed E-state index contributed by atoms with van der Waals surface area (Å²) in [6.07, 6.45) is 1.75. The Morgan fingerprint density at radius 1 is 1.47 bits per heavy atom. The van der Waals surface area contributed by atoms with Crippen LogP contribution >= 0.6 is 27.5 Å². The Kier molecular flexibility index (Phi) is 6.49. The first-order valence-electron chi connectivity index (χ1n) is 5.71. The van der Waals surface area contributed by atoms with Crippen LogP contribution in [0.15, 0.2) is 22.7 Å². The zero-order valence-corrected chi connectivity index (χ0v) is 12.6. The quantitative estimate of drug-likeness (QED) is 0.868. The van der Waals surface area contributed by atoms with Crippen molar-refractivity contribution in [3.05, 3.63) is 33.3 Å². The molecule has 1 rings (SSSR count). The molecule has 0 bridgehead atoms. The predicted octanol–water partition coefficient (Wildman–Crippen LogP) is 3.64. The predicted molar refractivity (Wildman–Crippen MR) is 76.5 cm³/mol. The van der Waals surface area contributed by atoms with Crippen LogP contribution in [0.25, 0.3) is 0 Å². The molecule has 2 unspecified atom stereocenters. The zero-order chi connectivity index (χ0) is 12.8. The second-order valence-electron chi connectivity index (χ2n) is 4.50. The maximum Gasteiger partial charge on any atom is 0.0488 e. The van der Waals surface area contributed by atoms with Crippen LogP contribution in [0.5, 0.6) is 0 Å². The average Bonchev–Trinajstić information content (AvgIpc) is 2.22. The SMILES string of the molecule is COCC(C)CC(N)Cc1ccc(Br)cc1Cl. The van der Waals surface area contributed by atoms with Gasteiger partial charge in [0.15, 0.2) is 0 Å². The number of hydrogen-bond donors (Lipinski definition) is 1. The minimum Gasteiger partial charge on any atom is -0.384 e. The van der Waals surface area contributed by atoms with Crippen molar-refractivity contribution < 1.29 is 4.74 Å². The highest BCUT2D eigenvalue weighted by atomic mass is 79.9. The standard InChI is InChI=1S/C13H19BrClNO/c1-9(8-17-2)5-12(16)6-10-3-4-11(14)7-13(10)15/h3-4,7,9,12H,5-6,8,16H2,1-2H3. The summed E-state index contributed by atoms with van der Waals surface area (Å²) in [5.74, 6) is 0.476. The third kappa shape index (κ3) is 5.38. The molecule has 0 aliphatic carbocycles. The van der Waals surface area contributed by atoms with Crippen LogP contribution in [0.1, 0.15) is 18.9 Å². The Labute approximate surface area is 117 Å². The zero-order valence-electron chi connectivity index (χ0n) is 10.2. The fourth-order valence-corrected chi connectivity index (χ4v) is 2.67. The van der Waals surface area contributed by atoms with E-state index in [1.54, 1.807) is 7.11 Å². The maximum atomic E-state index is 6.16. The van der Waals surface area contributed by atoms with Crippen LogP contribution in [0, 0.1) is 5.92 Å². The summed E-state index contributed by atoms with van der Waals surface area (Å²) in [5, 5.41) is 0.772. The van der Waals surface area contributed by atoms with Crippen LogP contribution < -0.4 is 5.73 Å². The monoisotopic (exact) mass is 319 g/mol. The van der Waals surface area contributed by atoms with Crippen molar-refractivity contribution in [2.24, 2.45) is 11.7 Å². The van der Waals surface area contributed by atoms with E-state index < -0.39 is 0 Å². The fourth-order valence-electron chi connectivity index (χ4n) is 1.92. The maximum absolute atomic E-state index is 6.16. The van der Waals surface area contributed by atoms with Crippen molar-refractivity contribution >= 4 is 27.5 Å². The highest BCUT2D eigenvalue weighted by Crippen LogP contribution is 2.23. The third-order valence-electron chi connectivity index (χ3n) is 2.65. The van der Waals surface area contributed by atoms with E-state index in [1.807, 2.05) is 18.2 Å². The van der Waals surface area contributed by atoms with E-state index in [0.29, 0.717) is 5.92 Å². The lowest BCUT2D eigenvalue weighted by atomic mass is 9.97. The highest BCUT2D eigenvalue weighted by Gasteiger charge is 2.11. The molecule has 2 N–H and O–H groups in total. The molecular weight excluding hydrogens is 302 g/mol. The van der Waals surface area contributed by atoms with Gasteiger partial charge in [0, 0.05) is 29.3 Å². The molecule has 0 aromatic heterocycles. The summed E-state index contributed by atoms with van der Waals surface area (Å²) in [7, 11) is 1.72. The molecule has 4 heteroatoms. The molecule has 0 radical (unpaired) electrons. The summed E-state index contributed by atoms with van der Waals surface area (Å²) < 4.78 is 6.10. The molecule has 0 aliphatic heterocycles. The molecule has 0 fully saturated rings.